The topological polar surface area (TPSA) is 41.6 Å². The van der Waals surface area contributed by atoms with Crippen LogP contribution in [0.2, 0.25) is 0 Å². The first-order chi connectivity index (χ1) is 7.98. The van der Waals surface area contributed by atoms with Crippen LogP contribution < -0.4 is 5.32 Å². The Morgan fingerprint density at radius 2 is 2.24 bits per heavy atom. The number of carbonyl (C=O) groups is 1. The molecule has 1 heterocycles. The summed E-state index contributed by atoms with van der Waals surface area (Å²) in [5, 5.41) is 3.01. The molecule has 0 bridgehead atoms. The van der Waals surface area contributed by atoms with Gasteiger partial charge in [-0.3, -0.25) is 4.79 Å². The zero-order valence-electron chi connectivity index (χ0n) is 11.6. The van der Waals surface area contributed by atoms with Crippen molar-refractivity contribution in [3.63, 3.8) is 0 Å². The van der Waals surface area contributed by atoms with Gasteiger partial charge in [0.25, 0.3) is 0 Å². The lowest BCUT2D eigenvalue weighted by Gasteiger charge is -2.38. The van der Waals surface area contributed by atoms with Crippen LogP contribution in [0.1, 0.15) is 33.1 Å². The minimum Gasteiger partial charge on any atom is -0.468 e. The molecule has 1 fully saturated rings. The van der Waals surface area contributed by atoms with Gasteiger partial charge in [-0.05, 0) is 38.3 Å². The number of rotatable bonds is 5. The summed E-state index contributed by atoms with van der Waals surface area (Å²) in [4.78, 5) is 13.9. The molecule has 0 aromatic carbocycles. The van der Waals surface area contributed by atoms with E-state index in [4.69, 9.17) is 4.74 Å². The number of methoxy groups -OCH3 is 1. The Morgan fingerprint density at radius 1 is 1.53 bits per heavy atom. The van der Waals surface area contributed by atoms with E-state index in [-0.39, 0.29) is 12.0 Å². The van der Waals surface area contributed by atoms with Gasteiger partial charge in [0, 0.05) is 13.1 Å². The number of esters is 1. The van der Waals surface area contributed by atoms with Crippen molar-refractivity contribution >= 4 is 5.97 Å². The van der Waals surface area contributed by atoms with Gasteiger partial charge in [0.15, 0.2) is 0 Å². The SMILES string of the molecule is CNC(CCN1CCCC(C)(C)C1)C(=O)OC. The molecule has 1 aliphatic heterocycles. The second-order valence-electron chi connectivity index (χ2n) is 5.70. The summed E-state index contributed by atoms with van der Waals surface area (Å²) >= 11 is 0. The Labute approximate surface area is 105 Å². The summed E-state index contributed by atoms with van der Waals surface area (Å²) in [7, 11) is 3.25. The molecular formula is C13H26N2O2. The van der Waals surface area contributed by atoms with Crippen molar-refractivity contribution in [1.82, 2.24) is 10.2 Å². The minimum absolute atomic E-state index is 0.163. The van der Waals surface area contributed by atoms with E-state index in [2.05, 4.69) is 24.1 Å². The summed E-state index contributed by atoms with van der Waals surface area (Å²) in [5.74, 6) is -0.163. The molecule has 0 aromatic heterocycles. The Kier molecular flexibility index (Phi) is 5.40. The average molecular weight is 242 g/mol. The lowest BCUT2D eigenvalue weighted by atomic mass is 9.84. The van der Waals surface area contributed by atoms with Crippen LogP contribution in [0.3, 0.4) is 0 Å². The molecule has 0 amide bonds. The molecule has 0 aromatic rings. The highest BCUT2D eigenvalue weighted by Gasteiger charge is 2.27. The second-order valence-corrected chi connectivity index (χ2v) is 5.70. The lowest BCUT2D eigenvalue weighted by Crippen LogP contribution is -2.44. The molecule has 0 aliphatic carbocycles. The smallest absolute Gasteiger partial charge is 0.322 e. The van der Waals surface area contributed by atoms with Crippen LogP contribution in [0.15, 0.2) is 0 Å². The van der Waals surface area contributed by atoms with Crippen molar-refractivity contribution < 1.29 is 9.53 Å². The standard InChI is InChI=1S/C13H26N2O2/c1-13(2)7-5-8-15(10-13)9-6-11(14-3)12(16)17-4/h11,14H,5-10H2,1-4H3. The molecule has 1 aliphatic rings. The van der Waals surface area contributed by atoms with Crippen molar-refractivity contribution in [3.05, 3.63) is 0 Å². The highest BCUT2D eigenvalue weighted by atomic mass is 16.5. The van der Waals surface area contributed by atoms with Gasteiger partial charge in [-0.25, -0.2) is 0 Å². The number of nitrogens with zero attached hydrogens (tertiary/aromatic N) is 1. The van der Waals surface area contributed by atoms with Gasteiger partial charge in [-0.15, -0.1) is 0 Å². The first-order valence-electron chi connectivity index (χ1n) is 6.46. The fourth-order valence-corrected chi connectivity index (χ4v) is 2.57. The van der Waals surface area contributed by atoms with Gasteiger partial charge in [0.1, 0.15) is 6.04 Å². The van der Waals surface area contributed by atoms with Crippen LogP contribution in [-0.4, -0.2) is 50.7 Å². The van der Waals surface area contributed by atoms with Crippen molar-refractivity contribution in [2.75, 3.05) is 33.8 Å². The third kappa shape index (κ3) is 4.64. The zero-order chi connectivity index (χ0) is 12.9. The maximum Gasteiger partial charge on any atom is 0.322 e. The van der Waals surface area contributed by atoms with E-state index in [9.17, 15) is 4.79 Å². The summed E-state index contributed by atoms with van der Waals surface area (Å²) < 4.78 is 4.76. The first kappa shape index (κ1) is 14.5. The van der Waals surface area contributed by atoms with Crippen LogP contribution in [0.4, 0.5) is 0 Å². The normalized spacial score (nSPS) is 22.1. The summed E-state index contributed by atoms with van der Waals surface area (Å²) in [5.41, 5.74) is 0.415. The third-order valence-electron chi connectivity index (χ3n) is 3.55. The molecule has 1 atom stereocenters. The Balaban J connectivity index is 2.36. The van der Waals surface area contributed by atoms with E-state index >= 15 is 0 Å². The molecule has 4 nitrogen and oxygen atoms in total. The van der Waals surface area contributed by atoms with Crippen molar-refractivity contribution in [1.29, 1.82) is 0 Å². The molecule has 1 N–H and O–H groups in total. The fourth-order valence-electron chi connectivity index (χ4n) is 2.57. The zero-order valence-corrected chi connectivity index (χ0v) is 11.6. The predicted octanol–water partition coefficient (Wildman–Crippen LogP) is 1.26. The van der Waals surface area contributed by atoms with Gasteiger partial charge in [-0.2, -0.15) is 0 Å². The minimum atomic E-state index is -0.176. The molecule has 17 heavy (non-hydrogen) atoms. The Hall–Kier alpha value is -0.610. The van der Waals surface area contributed by atoms with Gasteiger partial charge in [0.05, 0.1) is 7.11 Å². The molecule has 1 rings (SSSR count). The van der Waals surface area contributed by atoms with Gasteiger partial charge in [0.2, 0.25) is 0 Å². The number of likely N-dealkylation sites (N-methyl/N-ethyl adjacent to an activating group) is 1. The molecule has 4 heteroatoms. The maximum atomic E-state index is 11.4. The molecular weight excluding hydrogens is 216 g/mol. The van der Waals surface area contributed by atoms with Crippen LogP contribution in [-0.2, 0) is 9.53 Å². The van der Waals surface area contributed by atoms with Crippen molar-refractivity contribution in [3.8, 4) is 0 Å². The molecule has 1 unspecified atom stereocenters. The van der Waals surface area contributed by atoms with E-state index in [0.717, 1.165) is 26.1 Å². The van der Waals surface area contributed by atoms with Gasteiger partial charge >= 0.3 is 5.97 Å². The number of piperidine rings is 1. The van der Waals surface area contributed by atoms with Gasteiger partial charge < -0.3 is 15.0 Å². The van der Waals surface area contributed by atoms with Crippen LogP contribution in [0.25, 0.3) is 0 Å². The highest BCUT2D eigenvalue weighted by molar-refractivity contribution is 5.75. The number of ether oxygens (including phenoxy) is 1. The Morgan fingerprint density at radius 3 is 2.76 bits per heavy atom. The molecule has 0 radical (unpaired) electrons. The van der Waals surface area contributed by atoms with E-state index in [0.29, 0.717) is 5.41 Å². The third-order valence-corrected chi connectivity index (χ3v) is 3.55. The quantitative estimate of drug-likeness (QED) is 0.737. The van der Waals surface area contributed by atoms with Crippen LogP contribution in [0.5, 0.6) is 0 Å². The number of carbonyl (C=O) groups excluding carboxylic acids is 1. The van der Waals surface area contributed by atoms with E-state index in [1.54, 1.807) is 0 Å². The molecule has 0 spiro atoms. The number of hydrogen-bond donors (Lipinski definition) is 1. The van der Waals surface area contributed by atoms with E-state index < -0.39 is 0 Å². The lowest BCUT2D eigenvalue weighted by molar-refractivity contribution is -0.143. The van der Waals surface area contributed by atoms with Gasteiger partial charge in [-0.1, -0.05) is 13.8 Å². The number of nitrogens with one attached hydrogen (secondary N) is 1. The van der Waals surface area contributed by atoms with Crippen LogP contribution >= 0.6 is 0 Å². The number of hydrogen-bond acceptors (Lipinski definition) is 4. The fraction of sp³-hybridized carbons (Fsp3) is 0.923. The van der Waals surface area contributed by atoms with Crippen molar-refractivity contribution in [2.45, 2.75) is 39.2 Å². The Bertz CT molecular complexity index is 254. The second kappa shape index (κ2) is 6.36. The summed E-state index contributed by atoms with van der Waals surface area (Å²) in [6, 6.07) is -0.176. The molecule has 1 saturated heterocycles. The van der Waals surface area contributed by atoms with Crippen molar-refractivity contribution in [2.24, 2.45) is 5.41 Å². The van der Waals surface area contributed by atoms with E-state index in [1.165, 1.54) is 20.0 Å². The molecule has 100 valence electrons. The summed E-state index contributed by atoms with van der Waals surface area (Å²) in [6.07, 6.45) is 3.38. The monoisotopic (exact) mass is 242 g/mol. The largest absolute Gasteiger partial charge is 0.468 e. The summed E-state index contributed by atoms with van der Waals surface area (Å²) in [6.45, 7) is 7.87. The number of likely N-dealkylation sites (tertiary alicyclic amines) is 1. The molecule has 0 saturated carbocycles. The first-order valence-corrected chi connectivity index (χ1v) is 6.46. The predicted molar refractivity (Wildman–Crippen MR) is 68.9 cm³/mol. The maximum absolute atomic E-state index is 11.4. The van der Waals surface area contributed by atoms with Crippen LogP contribution in [0, 0.1) is 5.41 Å². The highest BCUT2D eigenvalue weighted by Crippen LogP contribution is 2.28. The van der Waals surface area contributed by atoms with E-state index in [1.807, 2.05) is 7.05 Å². The average Bonchev–Trinajstić information content (AvgIpc) is 2.28.